The number of nitro groups is 1. The van der Waals surface area contributed by atoms with E-state index in [1.54, 1.807) is 18.8 Å². The van der Waals surface area contributed by atoms with Gasteiger partial charge in [-0.2, -0.15) is 16.1 Å². The van der Waals surface area contributed by atoms with E-state index in [1.165, 1.54) is 16.4 Å². The third kappa shape index (κ3) is 2.89. The monoisotopic (exact) mass is 317 g/mol. The van der Waals surface area contributed by atoms with E-state index in [4.69, 9.17) is 0 Å². The molecule has 7 nitrogen and oxygen atoms in total. The SMILES string of the molecule is CNc1ccc([N+](=O)[O-])cc1S(=O)(=O)N1CCSCC1. The zero-order valence-electron chi connectivity index (χ0n) is 10.9. The second kappa shape index (κ2) is 5.98. The minimum absolute atomic E-state index is 0.0406. The normalized spacial score (nSPS) is 16.9. The van der Waals surface area contributed by atoms with E-state index in [0.29, 0.717) is 18.8 Å². The zero-order chi connectivity index (χ0) is 14.8. The van der Waals surface area contributed by atoms with Crippen molar-refractivity contribution in [1.29, 1.82) is 0 Å². The van der Waals surface area contributed by atoms with E-state index >= 15 is 0 Å². The lowest BCUT2D eigenvalue weighted by Crippen LogP contribution is -2.38. The van der Waals surface area contributed by atoms with Gasteiger partial charge in [0.05, 0.1) is 10.6 Å². The van der Waals surface area contributed by atoms with Crippen LogP contribution in [0.5, 0.6) is 0 Å². The molecule has 1 heterocycles. The van der Waals surface area contributed by atoms with Crippen LogP contribution in [0.15, 0.2) is 23.1 Å². The summed E-state index contributed by atoms with van der Waals surface area (Å²) in [6, 6.07) is 3.82. The average Bonchev–Trinajstić information content (AvgIpc) is 2.47. The molecular weight excluding hydrogens is 302 g/mol. The number of benzene rings is 1. The highest BCUT2D eigenvalue weighted by atomic mass is 32.2. The lowest BCUT2D eigenvalue weighted by atomic mass is 10.3. The van der Waals surface area contributed by atoms with Gasteiger partial charge < -0.3 is 5.32 Å². The smallest absolute Gasteiger partial charge is 0.270 e. The molecule has 0 spiro atoms. The summed E-state index contributed by atoms with van der Waals surface area (Å²) < 4.78 is 26.6. The van der Waals surface area contributed by atoms with Crippen molar-refractivity contribution >= 4 is 33.2 Å². The van der Waals surface area contributed by atoms with Crippen LogP contribution in [0.4, 0.5) is 11.4 Å². The van der Waals surface area contributed by atoms with Gasteiger partial charge in [-0.05, 0) is 6.07 Å². The molecule has 1 aliphatic rings. The summed E-state index contributed by atoms with van der Waals surface area (Å²) in [5, 5.41) is 13.6. The molecule has 2 rings (SSSR count). The Bertz CT molecular complexity index is 612. The predicted molar refractivity (Wildman–Crippen MR) is 78.7 cm³/mol. The third-order valence-electron chi connectivity index (χ3n) is 3.03. The maximum atomic E-state index is 12.6. The predicted octanol–water partition coefficient (Wildman–Crippen LogP) is 1.37. The van der Waals surface area contributed by atoms with Crippen LogP contribution in [-0.4, -0.2) is 49.3 Å². The molecule has 0 radical (unpaired) electrons. The number of thioether (sulfide) groups is 1. The number of anilines is 1. The largest absolute Gasteiger partial charge is 0.387 e. The summed E-state index contributed by atoms with van der Waals surface area (Å²) in [5.41, 5.74) is 0.141. The molecule has 1 aliphatic heterocycles. The van der Waals surface area contributed by atoms with Crippen molar-refractivity contribution < 1.29 is 13.3 Å². The van der Waals surface area contributed by atoms with Crippen LogP contribution < -0.4 is 5.32 Å². The minimum Gasteiger partial charge on any atom is -0.387 e. The van der Waals surface area contributed by atoms with Gasteiger partial charge in [-0.15, -0.1) is 0 Å². The number of hydrogen-bond donors (Lipinski definition) is 1. The molecule has 20 heavy (non-hydrogen) atoms. The van der Waals surface area contributed by atoms with Crippen molar-refractivity contribution in [3.8, 4) is 0 Å². The summed E-state index contributed by atoms with van der Waals surface area (Å²) in [6.07, 6.45) is 0. The lowest BCUT2D eigenvalue weighted by molar-refractivity contribution is -0.385. The van der Waals surface area contributed by atoms with Gasteiger partial charge in [0, 0.05) is 43.8 Å². The maximum Gasteiger partial charge on any atom is 0.270 e. The van der Waals surface area contributed by atoms with Crippen LogP contribution >= 0.6 is 11.8 Å². The summed E-state index contributed by atoms with van der Waals surface area (Å²) in [4.78, 5) is 10.2. The Kier molecular flexibility index (Phi) is 4.51. The average molecular weight is 317 g/mol. The summed E-state index contributed by atoms with van der Waals surface area (Å²) in [6.45, 7) is 0.859. The van der Waals surface area contributed by atoms with Crippen molar-refractivity contribution in [1.82, 2.24) is 4.31 Å². The molecule has 1 fully saturated rings. The van der Waals surface area contributed by atoms with Crippen LogP contribution in [0.25, 0.3) is 0 Å². The molecule has 0 unspecified atom stereocenters. The van der Waals surface area contributed by atoms with Crippen molar-refractivity contribution in [3.05, 3.63) is 28.3 Å². The van der Waals surface area contributed by atoms with Crippen LogP contribution in [0.1, 0.15) is 0 Å². The van der Waals surface area contributed by atoms with Gasteiger partial charge >= 0.3 is 0 Å². The van der Waals surface area contributed by atoms with E-state index in [2.05, 4.69) is 5.32 Å². The topological polar surface area (TPSA) is 92.5 Å². The van der Waals surface area contributed by atoms with Crippen molar-refractivity contribution in [2.75, 3.05) is 37.0 Å². The molecule has 0 aliphatic carbocycles. The standard InChI is InChI=1S/C11H15N3O4S2/c1-12-10-3-2-9(14(15)16)8-11(10)20(17,18)13-4-6-19-7-5-13/h2-3,8,12H,4-7H2,1H3. The van der Waals surface area contributed by atoms with Gasteiger partial charge in [0.2, 0.25) is 10.0 Å². The Labute approximate surface area is 121 Å². The Morgan fingerprint density at radius 2 is 2.00 bits per heavy atom. The molecule has 1 N–H and O–H groups in total. The van der Waals surface area contributed by atoms with Gasteiger partial charge in [0.15, 0.2) is 0 Å². The molecule has 0 aromatic heterocycles. The number of hydrogen-bond acceptors (Lipinski definition) is 6. The first-order valence-corrected chi connectivity index (χ1v) is 8.60. The highest BCUT2D eigenvalue weighted by molar-refractivity contribution is 7.99. The minimum atomic E-state index is -3.71. The van der Waals surface area contributed by atoms with Crippen molar-refractivity contribution in [2.24, 2.45) is 0 Å². The molecule has 0 saturated carbocycles. The van der Waals surface area contributed by atoms with Crippen molar-refractivity contribution in [2.45, 2.75) is 4.90 Å². The van der Waals surface area contributed by atoms with E-state index in [-0.39, 0.29) is 10.6 Å². The molecule has 0 amide bonds. The molecule has 9 heteroatoms. The van der Waals surface area contributed by atoms with Crippen molar-refractivity contribution in [3.63, 3.8) is 0 Å². The quantitative estimate of drug-likeness (QED) is 0.666. The lowest BCUT2D eigenvalue weighted by Gasteiger charge is -2.26. The third-order valence-corrected chi connectivity index (χ3v) is 5.91. The molecule has 1 saturated heterocycles. The first-order chi connectivity index (χ1) is 9.46. The number of nitrogens with one attached hydrogen (secondary N) is 1. The highest BCUT2D eigenvalue weighted by Crippen LogP contribution is 2.29. The Hall–Kier alpha value is -1.32. The second-order valence-electron chi connectivity index (χ2n) is 4.20. The van der Waals surface area contributed by atoms with Crippen LogP contribution in [0, 0.1) is 10.1 Å². The number of nitrogens with zero attached hydrogens (tertiary/aromatic N) is 2. The number of sulfonamides is 1. The van der Waals surface area contributed by atoms with Gasteiger partial charge in [0.25, 0.3) is 5.69 Å². The van der Waals surface area contributed by atoms with Crippen LogP contribution in [-0.2, 0) is 10.0 Å². The number of nitro benzene ring substituents is 1. The fourth-order valence-electron chi connectivity index (χ4n) is 1.97. The maximum absolute atomic E-state index is 12.6. The number of rotatable bonds is 4. The van der Waals surface area contributed by atoms with Gasteiger partial charge in [-0.1, -0.05) is 0 Å². The summed E-state index contributed by atoms with van der Waals surface area (Å²) >= 11 is 1.70. The van der Waals surface area contributed by atoms with Crippen LogP contribution in [0.2, 0.25) is 0 Å². The van der Waals surface area contributed by atoms with Gasteiger partial charge in [-0.25, -0.2) is 8.42 Å². The molecule has 1 aromatic carbocycles. The molecule has 110 valence electrons. The van der Waals surface area contributed by atoms with Gasteiger partial charge in [-0.3, -0.25) is 10.1 Å². The highest BCUT2D eigenvalue weighted by Gasteiger charge is 2.29. The van der Waals surface area contributed by atoms with Gasteiger partial charge in [0.1, 0.15) is 4.90 Å². The number of non-ortho nitro benzene ring substituents is 1. The first-order valence-electron chi connectivity index (χ1n) is 6.01. The van der Waals surface area contributed by atoms with E-state index in [9.17, 15) is 18.5 Å². The molecule has 1 aromatic rings. The first kappa shape index (κ1) is 15.1. The van der Waals surface area contributed by atoms with E-state index in [1.807, 2.05) is 0 Å². The Balaban J connectivity index is 2.48. The van der Waals surface area contributed by atoms with Crippen LogP contribution in [0.3, 0.4) is 0 Å². The zero-order valence-corrected chi connectivity index (χ0v) is 12.5. The van der Waals surface area contributed by atoms with E-state index < -0.39 is 14.9 Å². The molecule has 0 bridgehead atoms. The summed E-state index contributed by atoms with van der Waals surface area (Å²) in [5.74, 6) is 1.48. The van der Waals surface area contributed by atoms with E-state index in [0.717, 1.165) is 17.6 Å². The molecule has 0 atom stereocenters. The fraction of sp³-hybridized carbons (Fsp3) is 0.455. The Morgan fingerprint density at radius 3 is 2.55 bits per heavy atom. The second-order valence-corrected chi connectivity index (χ2v) is 7.34. The Morgan fingerprint density at radius 1 is 1.35 bits per heavy atom. The molecular formula is C11H15N3O4S2. The fourth-order valence-corrected chi connectivity index (χ4v) is 4.76. The summed E-state index contributed by atoms with van der Waals surface area (Å²) in [7, 11) is -2.12.